The van der Waals surface area contributed by atoms with Crippen molar-refractivity contribution in [2.75, 3.05) is 17.2 Å². The highest BCUT2D eigenvalue weighted by atomic mass is 35.5. The molecule has 2 N–H and O–H groups in total. The molecule has 0 unspecified atom stereocenters. The van der Waals surface area contributed by atoms with Crippen molar-refractivity contribution < 1.29 is 4.79 Å². The van der Waals surface area contributed by atoms with Gasteiger partial charge in [0, 0.05) is 24.5 Å². The smallest absolute Gasteiger partial charge is 0.274 e. The van der Waals surface area contributed by atoms with E-state index in [2.05, 4.69) is 25.6 Å². The number of aromatic nitrogens is 3. The molecule has 1 fully saturated rings. The summed E-state index contributed by atoms with van der Waals surface area (Å²) < 4.78 is 1.55. The van der Waals surface area contributed by atoms with Gasteiger partial charge in [0.2, 0.25) is 0 Å². The summed E-state index contributed by atoms with van der Waals surface area (Å²) >= 11 is 6.72. The van der Waals surface area contributed by atoms with E-state index >= 15 is 0 Å². The molecule has 1 saturated carbocycles. The van der Waals surface area contributed by atoms with Gasteiger partial charge in [-0.25, -0.2) is 9.53 Å². The van der Waals surface area contributed by atoms with Gasteiger partial charge in [-0.1, -0.05) is 29.8 Å². The number of halogens is 1. The largest absolute Gasteiger partial charge is 0.383 e. The van der Waals surface area contributed by atoms with Crippen LogP contribution in [0.4, 0.5) is 17.1 Å². The lowest BCUT2D eigenvalue weighted by atomic mass is 10.1. The number of nitrogens with zero attached hydrogens (tertiary/aromatic N) is 4. The van der Waals surface area contributed by atoms with Crippen LogP contribution in [0.3, 0.4) is 0 Å². The van der Waals surface area contributed by atoms with Gasteiger partial charge in [0.25, 0.3) is 5.91 Å². The number of rotatable bonds is 7. The number of hydrogen-bond acceptors (Lipinski definition) is 4. The van der Waals surface area contributed by atoms with Crippen LogP contribution >= 0.6 is 11.6 Å². The van der Waals surface area contributed by atoms with Gasteiger partial charge in [-0.15, -0.1) is 0 Å². The average molecular weight is 483 g/mol. The molecule has 5 rings (SSSR count). The Balaban J connectivity index is 1.50. The van der Waals surface area contributed by atoms with E-state index in [0.29, 0.717) is 39.4 Å². The zero-order valence-electron chi connectivity index (χ0n) is 19.1. The van der Waals surface area contributed by atoms with Gasteiger partial charge in [0.15, 0.2) is 5.69 Å². The Bertz CT molecular complexity index is 1440. The van der Waals surface area contributed by atoms with Crippen molar-refractivity contribution in [1.82, 2.24) is 14.8 Å². The number of aryl methyl sites for hydroxylation is 1. The van der Waals surface area contributed by atoms with E-state index < -0.39 is 0 Å². The van der Waals surface area contributed by atoms with Gasteiger partial charge in [-0.05, 0) is 67.6 Å². The Morgan fingerprint density at radius 2 is 2.03 bits per heavy atom. The Morgan fingerprint density at radius 3 is 2.77 bits per heavy atom. The Morgan fingerprint density at radius 1 is 1.17 bits per heavy atom. The van der Waals surface area contributed by atoms with Crippen molar-refractivity contribution in [3.05, 3.63) is 94.8 Å². The first-order chi connectivity index (χ1) is 17.0. The number of anilines is 2. The maximum absolute atomic E-state index is 13.5. The van der Waals surface area contributed by atoms with Crippen LogP contribution in [0.25, 0.3) is 21.7 Å². The molecule has 4 aromatic rings. The third kappa shape index (κ3) is 5.03. The third-order valence-corrected chi connectivity index (χ3v) is 6.17. The number of pyridine rings is 1. The number of carbonyl (C=O) groups is 1. The Labute approximate surface area is 208 Å². The molecule has 2 aromatic carbocycles. The van der Waals surface area contributed by atoms with E-state index in [1.165, 1.54) is 12.8 Å². The highest BCUT2D eigenvalue weighted by Gasteiger charge is 2.23. The van der Waals surface area contributed by atoms with Crippen LogP contribution in [0.15, 0.2) is 67.0 Å². The van der Waals surface area contributed by atoms with Crippen molar-refractivity contribution in [3.8, 4) is 16.8 Å². The van der Waals surface area contributed by atoms with Gasteiger partial charge in [-0.2, -0.15) is 5.10 Å². The number of carbonyl (C=O) groups excluding carboxylic acids is 1. The van der Waals surface area contributed by atoms with E-state index in [0.717, 1.165) is 23.4 Å². The van der Waals surface area contributed by atoms with Crippen LogP contribution in [-0.4, -0.2) is 27.2 Å². The normalized spacial score (nSPS) is 12.7. The summed E-state index contributed by atoms with van der Waals surface area (Å²) in [5.74, 6) is 0.294. The second kappa shape index (κ2) is 9.61. The van der Waals surface area contributed by atoms with Gasteiger partial charge < -0.3 is 10.6 Å². The van der Waals surface area contributed by atoms with Crippen LogP contribution in [-0.2, 0) is 0 Å². The standard InChI is InChI=1S/C27H23ClN6O/c1-17-11-25(34(33-17)22-7-3-6-21(14-22)29-2)27(35)32-26-23(28)12-20(19-5-4-10-30-16-19)13-24(26)31-15-18-8-9-18/h3-7,10-14,16,18,31H,8-9,15H2,1H3,(H,32,35). The lowest BCUT2D eigenvalue weighted by Crippen LogP contribution is -2.18. The first-order valence-corrected chi connectivity index (χ1v) is 11.7. The minimum atomic E-state index is -0.343. The molecule has 1 aliphatic rings. The van der Waals surface area contributed by atoms with Gasteiger partial charge in [-0.3, -0.25) is 9.78 Å². The quantitative estimate of drug-likeness (QED) is 0.294. The average Bonchev–Trinajstić information content (AvgIpc) is 3.63. The minimum absolute atomic E-state index is 0.343. The zero-order valence-corrected chi connectivity index (χ0v) is 19.9. The van der Waals surface area contributed by atoms with Crippen LogP contribution in [0.2, 0.25) is 5.02 Å². The molecule has 0 saturated heterocycles. The highest BCUT2D eigenvalue weighted by Crippen LogP contribution is 2.38. The molecular formula is C27H23ClN6O. The molecule has 1 amide bonds. The molecule has 0 aliphatic heterocycles. The second-order valence-electron chi connectivity index (χ2n) is 8.62. The summed E-state index contributed by atoms with van der Waals surface area (Å²) in [6.07, 6.45) is 5.91. The van der Waals surface area contributed by atoms with Crippen molar-refractivity contribution >= 4 is 34.6 Å². The van der Waals surface area contributed by atoms with Crippen LogP contribution in [0, 0.1) is 19.4 Å². The van der Waals surface area contributed by atoms with Gasteiger partial charge in [0.05, 0.1) is 34.4 Å². The number of nitrogens with one attached hydrogen (secondary N) is 2. The molecule has 0 bridgehead atoms. The third-order valence-electron chi connectivity index (χ3n) is 5.87. The number of hydrogen-bond donors (Lipinski definition) is 2. The maximum atomic E-state index is 13.5. The topological polar surface area (TPSA) is 76.2 Å². The highest BCUT2D eigenvalue weighted by molar-refractivity contribution is 6.35. The molecule has 2 heterocycles. The summed E-state index contributed by atoms with van der Waals surface area (Å²) in [6, 6.07) is 16.4. The lowest BCUT2D eigenvalue weighted by Gasteiger charge is -2.17. The van der Waals surface area contributed by atoms with E-state index in [1.54, 1.807) is 41.3 Å². The number of amides is 1. The fraction of sp³-hybridized carbons (Fsp3) is 0.185. The Hall–Kier alpha value is -4.15. The SMILES string of the molecule is [C-]#[N+]c1cccc(-n2nc(C)cc2C(=O)Nc2c(Cl)cc(-c3cccnc3)cc2NCC2CC2)c1. The van der Waals surface area contributed by atoms with Crippen molar-refractivity contribution in [3.63, 3.8) is 0 Å². The first-order valence-electron chi connectivity index (χ1n) is 11.4. The van der Waals surface area contributed by atoms with Crippen LogP contribution in [0.1, 0.15) is 29.0 Å². The molecular weight excluding hydrogens is 460 g/mol. The summed E-state index contributed by atoms with van der Waals surface area (Å²) in [4.78, 5) is 21.1. The van der Waals surface area contributed by atoms with Crippen LogP contribution in [0.5, 0.6) is 0 Å². The van der Waals surface area contributed by atoms with Crippen molar-refractivity contribution in [2.45, 2.75) is 19.8 Å². The molecule has 0 atom stereocenters. The summed E-state index contributed by atoms with van der Waals surface area (Å²) in [5.41, 5.74) is 5.29. The lowest BCUT2D eigenvalue weighted by molar-refractivity contribution is 0.101. The van der Waals surface area contributed by atoms with Crippen molar-refractivity contribution in [2.24, 2.45) is 5.92 Å². The van der Waals surface area contributed by atoms with E-state index in [-0.39, 0.29) is 5.91 Å². The fourth-order valence-corrected chi connectivity index (χ4v) is 4.15. The van der Waals surface area contributed by atoms with E-state index in [9.17, 15) is 4.79 Å². The molecule has 8 heteroatoms. The molecule has 2 aromatic heterocycles. The predicted octanol–water partition coefficient (Wildman–Crippen LogP) is 6.52. The van der Waals surface area contributed by atoms with Gasteiger partial charge in [0.1, 0.15) is 5.69 Å². The predicted molar refractivity (Wildman–Crippen MR) is 138 cm³/mol. The molecule has 174 valence electrons. The zero-order chi connectivity index (χ0) is 24.4. The summed E-state index contributed by atoms with van der Waals surface area (Å²) in [5, 5.41) is 11.4. The van der Waals surface area contributed by atoms with E-state index in [1.807, 2.05) is 37.3 Å². The fourth-order valence-electron chi connectivity index (χ4n) is 3.88. The maximum Gasteiger partial charge on any atom is 0.274 e. The van der Waals surface area contributed by atoms with Crippen molar-refractivity contribution in [1.29, 1.82) is 0 Å². The minimum Gasteiger partial charge on any atom is -0.383 e. The Kier molecular flexibility index (Phi) is 6.21. The molecule has 0 radical (unpaired) electrons. The molecule has 0 spiro atoms. The molecule has 7 nitrogen and oxygen atoms in total. The monoisotopic (exact) mass is 482 g/mol. The van der Waals surface area contributed by atoms with Crippen LogP contribution < -0.4 is 10.6 Å². The molecule has 1 aliphatic carbocycles. The number of benzene rings is 2. The van der Waals surface area contributed by atoms with Gasteiger partial charge >= 0.3 is 0 Å². The summed E-state index contributed by atoms with van der Waals surface area (Å²) in [7, 11) is 0. The summed E-state index contributed by atoms with van der Waals surface area (Å²) in [6.45, 7) is 9.93. The second-order valence-corrected chi connectivity index (χ2v) is 9.02. The van der Waals surface area contributed by atoms with E-state index in [4.69, 9.17) is 18.2 Å². The first kappa shape index (κ1) is 22.6. The molecule has 35 heavy (non-hydrogen) atoms.